The molecule has 0 aromatic rings. The Balaban J connectivity index is 1.45. The van der Waals surface area contributed by atoms with Crippen LogP contribution in [0.3, 0.4) is 0 Å². The second kappa shape index (κ2) is 8.67. The van der Waals surface area contributed by atoms with Crippen LogP contribution in [0.25, 0.3) is 0 Å². The minimum atomic E-state index is -0.518. The molecule has 4 aliphatic carbocycles. The number of hydrogen-bond donors (Lipinski definition) is 3. The van der Waals surface area contributed by atoms with Crippen LogP contribution in [-0.4, -0.2) is 34.1 Å². The van der Waals surface area contributed by atoms with Crippen LogP contribution in [0, 0.1) is 52.3 Å². The first kappa shape index (κ1) is 23.1. The van der Waals surface area contributed by atoms with E-state index < -0.39 is 12.2 Å². The Hall–Kier alpha value is -0.120. The van der Waals surface area contributed by atoms with Gasteiger partial charge in [0.15, 0.2) is 0 Å². The third kappa shape index (κ3) is 3.79. The van der Waals surface area contributed by atoms with E-state index in [1.807, 2.05) is 0 Å². The lowest BCUT2D eigenvalue weighted by Gasteiger charge is -2.61. The summed E-state index contributed by atoms with van der Waals surface area (Å²) in [7, 11) is 0. The van der Waals surface area contributed by atoms with Crippen LogP contribution < -0.4 is 0 Å². The predicted octanol–water partition coefficient (Wildman–Crippen LogP) is 5.41. The SMILES string of the molecule is C[C@@H](CO)CCC[C@@H](C)[C@H]1CC[C@H]2[C@@H]3CC[C@H]4C[C@H](O)[C@@H](O)C[C@]4(C)[C@H]3CC[C@]12C. The van der Waals surface area contributed by atoms with Gasteiger partial charge < -0.3 is 15.3 Å². The molecule has 0 aromatic heterocycles. The Morgan fingerprint density at radius 2 is 1.60 bits per heavy atom. The lowest BCUT2D eigenvalue weighted by atomic mass is 9.44. The van der Waals surface area contributed by atoms with E-state index >= 15 is 0 Å². The summed E-state index contributed by atoms with van der Waals surface area (Å²) in [4.78, 5) is 0. The van der Waals surface area contributed by atoms with Gasteiger partial charge in [0.2, 0.25) is 0 Å². The molecule has 3 heteroatoms. The predicted molar refractivity (Wildman–Crippen MR) is 122 cm³/mol. The molecule has 0 unspecified atom stereocenters. The summed E-state index contributed by atoms with van der Waals surface area (Å²) in [6, 6.07) is 0. The second-order valence-corrected chi connectivity index (χ2v) is 12.7. The molecule has 30 heavy (non-hydrogen) atoms. The van der Waals surface area contributed by atoms with Gasteiger partial charge in [0.25, 0.3) is 0 Å². The summed E-state index contributed by atoms with van der Waals surface area (Å²) in [5.74, 6) is 5.14. The molecule has 4 fully saturated rings. The van der Waals surface area contributed by atoms with Gasteiger partial charge in [-0.2, -0.15) is 0 Å². The fourth-order valence-electron chi connectivity index (χ4n) is 9.33. The van der Waals surface area contributed by atoms with Crippen molar-refractivity contribution in [1.29, 1.82) is 0 Å². The van der Waals surface area contributed by atoms with Gasteiger partial charge in [-0.15, -0.1) is 0 Å². The van der Waals surface area contributed by atoms with E-state index in [2.05, 4.69) is 27.7 Å². The van der Waals surface area contributed by atoms with E-state index in [0.29, 0.717) is 23.9 Å². The molecule has 3 nitrogen and oxygen atoms in total. The molecule has 4 saturated carbocycles. The zero-order chi connectivity index (χ0) is 21.7. The smallest absolute Gasteiger partial charge is 0.0804 e. The first-order chi connectivity index (χ1) is 14.2. The third-order valence-electron chi connectivity index (χ3n) is 11.1. The monoisotopic (exact) mass is 420 g/mol. The molecule has 3 N–H and O–H groups in total. The average Bonchev–Trinajstić information content (AvgIpc) is 3.06. The Labute approximate surface area is 185 Å². The van der Waals surface area contributed by atoms with Crippen LogP contribution in [0.15, 0.2) is 0 Å². The summed E-state index contributed by atoms with van der Waals surface area (Å²) < 4.78 is 0. The van der Waals surface area contributed by atoms with Gasteiger partial charge in [0.1, 0.15) is 0 Å². The standard InChI is InChI=1S/C27H48O3/c1-17(16-28)6-5-7-18(2)21-10-11-22-20-9-8-19-14-24(29)25(30)15-27(19,4)23(20)12-13-26(21,22)3/h17-25,28-30H,5-16H2,1-4H3/t17-,18-,19+,20+,21-,22+,23+,24+,25+,26-,27+/m1/s1. The highest BCUT2D eigenvalue weighted by atomic mass is 16.3. The van der Waals surface area contributed by atoms with Crippen LogP contribution in [0.2, 0.25) is 0 Å². The van der Waals surface area contributed by atoms with Gasteiger partial charge in [0.05, 0.1) is 12.2 Å². The Kier molecular flexibility index (Phi) is 6.66. The van der Waals surface area contributed by atoms with Crippen molar-refractivity contribution in [3.05, 3.63) is 0 Å². The van der Waals surface area contributed by atoms with Gasteiger partial charge in [0, 0.05) is 6.61 Å². The molecule has 4 rings (SSSR count). The van der Waals surface area contributed by atoms with Crippen LogP contribution >= 0.6 is 0 Å². The molecule has 0 aromatic carbocycles. The maximum atomic E-state index is 10.5. The molecule has 0 radical (unpaired) electrons. The van der Waals surface area contributed by atoms with E-state index in [1.165, 1.54) is 51.4 Å². The molecule has 174 valence electrons. The summed E-state index contributed by atoms with van der Waals surface area (Å²) in [5, 5.41) is 30.1. The van der Waals surface area contributed by atoms with Gasteiger partial charge in [-0.25, -0.2) is 0 Å². The second-order valence-electron chi connectivity index (χ2n) is 12.7. The van der Waals surface area contributed by atoms with E-state index in [9.17, 15) is 15.3 Å². The van der Waals surface area contributed by atoms with Crippen molar-refractivity contribution in [1.82, 2.24) is 0 Å². The quantitative estimate of drug-likeness (QED) is 0.538. The molecule has 0 bridgehead atoms. The molecular formula is C27H48O3. The minimum Gasteiger partial charge on any atom is -0.396 e. The number of aliphatic hydroxyl groups excluding tert-OH is 3. The summed E-state index contributed by atoms with van der Waals surface area (Å²) >= 11 is 0. The van der Waals surface area contributed by atoms with Crippen molar-refractivity contribution >= 4 is 0 Å². The van der Waals surface area contributed by atoms with Crippen molar-refractivity contribution in [3.8, 4) is 0 Å². The van der Waals surface area contributed by atoms with Crippen LogP contribution in [0.4, 0.5) is 0 Å². The number of fused-ring (bicyclic) bond motifs is 5. The lowest BCUT2D eigenvalue weighted by molar-refractivity contribution is -0.160. The van der Waals surface area contributed by atoms with Crippen LogP contribution in [0.5, 0.6) is 0 Å². The van der Waals surface area contributed by atoms with E-state index in [-0.39, 0.29) is 5.41 Å². The highest BCUT2D eigenvalue weighted by Gasteiger charge is 2.61. The van der Waals surface area contributed by atoms with Gasteiger partial charge >= 0.3 is 0 Å². The summed E-state index contributed by atoms with van der Waals surface area (Å²) in [5.41, 5.74) is 0.728. The lowest BCUT2D eigenvalue weighted by Crippen LogP contribution is -2.56. The largest absolute Gasteiger partial charge is 0.396 e. The topological polar surface area (TPSA) is 60.7 Å². The minimum absolute atomic E-state index is 0.229. The normalized spacial score (nSPS) is 50.3. The van der Waals surface area contributed by atoms with Gasteiger partial charge in [-0.3, -0.25) is 0 Å². The number of aliphatic hydroxyl groups is 3. The van der Waals surface area contributed by atoms with E-state index in [0.717, 1.165) is 48.9 Å². The molecule has 0 spiro atoms. The maximum absolute atomic E-state index is 10.5. The first-order valence-electron chi connectivity index (χ1n) is 13.2. The van der Waals surface area contributed by atoms with Gasteiger partial charge in [-0.05, 0) is 110 Å². The Morgan fingerprint density at radius 3 is 2.33 bits per heavy atom. The molecule has 0 amide bonds. The molecule has 0 saturated heterocycles. The number of hydrogen-bond acceptors (Lipinski definition) is 3. The average molecular weight is 421 g/mol. The highest BCUT2D eigenvalue weighted by molar-refractivity contribution is 5.10. The Bertz CT molecular complexity index is 593. The summed E-state index contributed by atoms with van der Waals surface area (Å²) in [6.07, 6.45) is 12.5. The maximum Gasteiger partial charge on any atom is 0.0804 e. The van der Waals surface area contributed by atoms with Crippen molar-refractivity contribution in [2.45, 2.75) is 111 Å². The molecule has 0 aliphatic heterocycles. The molecular weight excluding hydrogens is 372 g/mol. The zero-order valence-electron chi connectivity index (χ0n) is 20.0. The Morgan fingerprint density at radius 1 is 0.867 bits per heavy atom. The highest BCUT2D eigenvalue weighted by Crippen LogP contribution is 2.68. The third-order valence-corrected chi connectivity index (χ3v) is 11.1. The zero-order valence-corrected chi connectivity index (χ0v) is 20.0. The molecule has 11 atom stereocenters. The van der Waals surface area contributed by atoms with E-state index in [4.69, 9.17) is 0 Å². The van der Waals surface area contributed by atoms with Gasteiger partial charge in [-0.1, -0.05) is 40.5 Å². The van der Waals surface area contributed by atoms with E-state index in [1.54, 1.807) is 0 Å². The van der Waals surface area contributed by atoms with Crippen LogP contribution in [-0.2, 0) is 0 Å². The molecule has 4 aliphatic rings. The first-order valence-corrected chi connectivity index (χ1v) is 13.2. The summed E-state index contributed by atoms with van der Waals surface area (Å²) in [6.45, 7) is 10.1. The van der Waals surface area contributed by atoms with Crippen molar-refractivity contribution in [2.24, 2.45) is 52.3 Å². The van der Waals surface area contributed by atoms with Crippen molar-refractivity contribution in [2.75, 3.05) is 6.61 Å². The number of rotatable bonds is 6. The van der Waals surface area contributed by atoms with Crippen molar-refractivity contribution in [3.63, 3.8) is 0 Å². The molecule has 0 heterocycles. The fourth-order valence-corrected chi connectivity index (χ4v) is 9.33. The van der Waals surface area contributed by atoms with Crippen LogP contribution in [0.1, 0.15) is 98.3 Å². The van der Waals surface area contributed by atoms with Crippen molar-refractivity contribution < 1.29 is 15.3 Å². The fraction of sp³-hybridized carbons (Fsp3) is 1.00.